The van der Waals surface area contributed by atoms with Gasteiger partial charge in [-0.3, -0.25) is 4.79 Å². The molecule has 0 aromatic carbocycles. The molecular formula is C16H19N5O4S. The number of imidazole rings is 1. The highest BCUT2D eigenvalue weighted by Crippen LogP contribution is 2.18. The maximum atomic E-state index is 12.2. The minimum absolute atomic E-state index is 0.00990. The van der Waals surface area contributed by atoms with Gasteiger partial charge < -0.3 is 14.2 Å². The van der Waals surface area contributed by atoms with Gasteiger partial charge in [-0.1, -0.05) is 11.2 Å². The smallest absolute Gasteiger partial charge is 0.245 e. The molecule has 0 aliphatic carbocycles. The number of nitrogens with one attached hydrogen (secondary N) is 2. The third-order valence-corrected chi connectivity index (χ3v) is 5.47. The summed E-state index contributed by atoms with van der Waals surface area (Å²) >= 11 is 0. The average molecular weight is 377 g/mol. The molecule has 3 heterocycles. The van der Waals surface area contributed by atoms with Crippen molar-refractivity contribution in [2.45, 2.75) is 31.7 Å². The second-order valence-corrected chi connectivity index (χ2v) is 7.48. The van der Waals surface area contributed by atoms with Crippen molar-refractivity contribution in [3.05, 3.63) is 47.7 Å². The number of pyridine rings is 1. The van der Waals surface area contributed by atoms with Crippen molar-refractivity contribution < 1.29 is 17.7 Å². The Bertz CT molecular complexity index is 986. The topological polar surface area (TPSA) is 119 Å². The minimum Gasteiger partial charge on any atom is -0.360 e. The Morgan fingerprint density at radius 2 is 2.12 bits per heavy atom. The molecule has 0 aliphatic rings. The molecule has 1 amide bonds. The third-order valence-electron chi connectivity index (χ3n) is 3.76. The zero-order valence-electron chi connectivity index (χ0n) is 14.4. The van der Waals surface area contributed by atoms with Crippen LogP contribution in [0.1, 0.15) is 23.6 Å². The highest BCUT2D eigenvalue weighted by atomic mass is 32.2. The Morgan fingerprint density at radius 3 is 2.81 bits per heavy atom. The van der Waals surface area contributed by atoms with Crippen LogP contribution in [0.4, 0.5) is 0 Å². The van der Waals surface area contributed by atoms with Crippen molar-refractivity contribution in [2.75, 3.05) is 6.54 Å². The van der Waals surface area contributed by atoms with Crippen LogP contribution >= 0.6 is 0 Å². The fraction of sp³-hybridized carbons (Fsp3) is 0.312. The van der Waals surface area contributed by atoms with E-state index in [1.54, 1.807) is 6.92 Å². The van der Waals surface area contributed by atoms with Gasteiger partial charge in [0.15, 0.2) is 5.76 Å². The minimum atomic E-state index is -3.76. The first-order valence-corrected chi connectivity index (χ1v) is 9.47. The number of carbonyl (C=O) groups is 1. The molecule has 0 unspecified atom stereocenters. The number of nitrogens with zero attached hydrogens (tertiary/aromatic N) is 3. The van der Waals surface area contributed by atoms with Gasteiger partial charge >= 0.3 is 0 Å². The average Bonchev–Trinajstić information content (AvgIpc) is 3.15. The summed E-state index contributed by atoms with van der Waals surface area (Å²) < 4.78 is 33.6. The Hall–Kier alpha value is -2.72. The van der Waals surface area contributed by atoms with Gasteiger partial charge in [0.2, 0.25) is 15.9 Å². The molecule has 3 rings (SSSR count). The molecule has 0 radical (unpaired) electrons. The SMILES string of the molecule is Cc1noc(C)c1S(=O)(=O)NCCC(=O)NCc1cn2ccccc2n1. The van der Waals surface area contributed by atoms with Crippen molar-refractivity contribution in [1.29, 1.82) is 0 Å². The van der Waals surface area contributed by atoms with Crippen molar-refractivity contribution in [3.8, 4) is 0 Å². The first kappa shape index (κ1) is 18.1. The largest absolute Gasteiger partial charge is 0.360 e. The molecule has 26 heavy (non-hydrogen) atoms. The van der Waals surface area contributed by atoms with E-state index in [0.29, 0.717) is 0 Å². The number of aryl methyl sites for hydroxylation is 2. The zero-order chi connectivity index (χ0) is 18.7. The van der Waals surface area contributed by atoms with Gasteiger partial charge in [-0.15, -0.1) is 0 Å². The molecule has 0 bridgehead atoms. The van der Waals surface area contributed by atoms with Gasteiger partial charge in [-0.05, 0) is 26.0 Å². The van der Waals surface area contributed by atoms with Crippen molar-refractivity contribution >= 4 is 21.6 Å². The third kappa shape index (κ3) is 3.92. The van der Waals surface area contributed by atoms with Crippen molar-refractivity contribution in [3.63, 3.8) is 0 Å². The van der Waals surface area contributed by atoms with Gasteiger partial charge in [-0.2, -0.15) is 0 Å². The zero-order valence-corrected chi connectivity index (χ0v) is 15.2. The Morgan fingerprint density at radius 1 is 1.31 bits per heavy atom. The summed E-state index contributed by atoms with van der Waals surface area (Å²) in [7, 11) is -3.76. The highest BCUT2D eigenvalue weighted by Gasteiger charge is 2.23. The number of carbonyl (C=O) groups excluding carboxylic acids is 1. The van der Waals surface area contributed by atoms with Gasteiger partial charge in [0.05, 0.1) is 12.2 Å². The fourth-order valence-electron chi connectivity index (χ4n) is 2.58. The number of sulfonamides is 1. The van der Waals surface area contributed by atoms with E-state index in [4.69, 9.17) is 4.52 Å². The van der Waals surface area contributed by atoms with Gasteiger partial charge in [0.1, 0.15) is 16.2 Å². The Kier molecular flexibility index (Phi) is 5.05. The summed E-state index contributed by atoms with van der Waals surface area (Å²) in [6.45, 7) is 3.32. The lowest BCUT2D eigenvalue weighted by Gasteiger charge is -2.06. The first-order chi connectivity index (χ1) is 12.4. The Balaban J connectivity index is 1.50. The number of fused-ring (bicyclic) bond motifs is 1. The van der Waals surface area contributed by atoms with Gasteiger partial charge in [0, 0.05) is 25.4 Å². The summed E-state index contributed by atoms with van der Waals surface area (Å²) in [4.78, 5) is 16.3. The van der Waals surface area contributed by atoms with E-state index in [0.717, 1.165) is 11.3 Å². The van der Waals surface area contributed by atoms with E-state index >= 15 is 0 Å². The lowest BCUT2D eigenvalue weighted by molar-refractivity contribution is -0.121. The summed E-state index contributed by atoms with van der Waals surface area (Å²) in [5.74, 6) is -0.0604. The van der Waals surface area contributed by atoms with E-state index in [-0.39, 0.29) is 41.8 Å². The van der Waals surface area contributed by atoms with Crippen LogP contribution in [0.15, 0.2) is 40.0 Å². The molecule has 0 fully saturated rings. The van der Waals surface area contributed by atoms with Crippen LogP contribution in [-0.4, -0.2) is 35.4 Å². The summed E-state index contributed by atoms with van der Waals surface area (Å²) in [5.41, 5.74) is 1.80. The number of hydrogen-bond acceptors (Lipinski definition) is 6. The molecule has 0 spiro atoms. The number of amides is 1. The molecule has 0 atom stereocenters. The lowest BCUT2D eigenvalue weighted by atomic mass is 10.4. The van der Waals surface area contributed by atoms with E-state index in [9.17, 15) is 13.2 Å². The molecule has 0 aliphatic heterocycles. The van der Waals surface area contributed by atoms with E-state index < -0.39 is 10.0 Å². The van der Waals surface area contributed by atoms with Crippen LogP contribution in [0.2, 0.25) is 0 Å². The van der Waals surface area contributed by atoms with Crippen LogP contribution < -0.4 is 10.0 Å². The summed E-state index contributed by atoms with van der Waals surface area (Å²) in [6, 6.07) is 5.65. The molecule has 2 N–H and O–H groups in total. The van der Waals surface area contributed by atoms with Crippen LogP contribution in [0.25, 0.3) is 5.65 Å². The normalized spacial score (nSPS) is 11.8. The summed E-state index contributed by atoms with van der Waals surface area (Å²) in [6.07, 6.45) is 3.71. The molecule has 0 saturated carbocycles. The molecule has 0 saturated heterocycles. The quantitative estimate of drug-likeness (QED) is 0.632. The van der Waals surface area contributed by atoms with Crippen molar-refractivity contribution in [1.82, 2.24) is 24.6 Å². The second kappa shape index (κ2) is 7.26. The van der Waals surface area contributed by atoms with Gasteiger partial charge in [0.25, 0.3) is 0 Å². The molecule has 10 heteroatoms. The van der Waals surface area contributed by atoms with Crippen LogP contribution in [-0.2, 0) is 21.4 Å². The van der Waals surface area contributed by atoms with E-state index in [1.165, 1.54) is 6.92 Å². The highest BCUT2D eigenvalue weighted by molar-refractivity contribution is 7.89. The van der Waals surface area contributed by atoms with Gasteiger partial charge in [-0.25, -0.2) is 18.1 Å². The van der Waals surface area contributed by atoms with Crippen LogP contribution in [0.5, 0.6) is 0 Å². The molecular weight excluding hydrogens is 358 g/mol. The number of rotatable bonds is 7. The predicted octanol–water partition coefficient (Wildman–Crippen LogP) is 0.924. The number of hydrogen-bond donors (Lipinski definition) is 2. The first-order valence-electron chi connectivity index (χ1n) is 7.98. The van der Waals surface area contributed by atoms with E-state index in [1.807, 2.05) is 35.0 Å². The standard InChI is InChI=1S/C16H19N5O4S/c1-11-16(12(2)25-20-11)26(23,24)18-7-6-15(22)17-9-13-10-21-8-4-3-5-14(21)19-13/h3-5,8,10,18H,6-7,9H2,1-2H3,(H,17,22). The number of aromatic nitrogens is 3. The molecule has 9 nitrogen and oxygen atoms in total. The fourth-order valence-corrected chi connectivity index (χ4v) is 3.94. The monoisotopic (exact) mass is 377 g/mol. The molecule has 3 aromatic heterocycles. The molecule has 3 aromatic rings. The maximum Gasteiger partial charge on any atom is 0.245 e. The van der Waals surface area contributed by atoms with E-state index in [2.05, 4.69) is 20.2 Å². The van der Waals surface area contributed by atoms with Crippen LogP contribution in [0.3, 0.4) is 0 Å². The Labute approximate surface area is 150 Å². The second-order valence-electron chi connectivity index (χ2n) is 5.78. The summed E-state index contributed by atoms with van der Waals surface area (Å²) in [5, 5.41) is 6.35. The maximum absolute atomic E-state index is 12.2. The lowest BCUT2D eigenvalue weighted by Crippen LogP contribution is -2.31. The predicted molar refractivity (Wildman–Crippen MR) is 92.8 cm³/mol. The van der Waals surface area contributed by atoms with Crippen molar-refractivity contribution in [2.24, 2.45) is 0 Å². The molecule has 138 valence electrons. The van der Waals surface area contributed by atoms with Crippen LogP contribution in [0, 0.1) is 13.8 Å².